The van der Waals surface area contributed by atoms with Gasteiger partial charge in [-0.1, -0.05) is 19.3 Å². The molecule has 0 radical (unpaired) electrons. The van der Waals surface area contributed by atoms with Gasteiger partial charge in [0.2, 0.25) is 0 Å². The maximum absolute atomic E-state index is 13.4. The van der Waals surface area contributed by atoms with Gasteiger partial charge in [-0.3, -0.25) is 0 Å². The van der Waals surface area contributed by atoms with Crippen molar-refractivity contribution in [2.45, 2.75) is 58.6 Å². The van der Waals surface area contributed by atoms with Crippen LogP contribution in [0, 0.1) is 12.7 Å². The summed E-state index contributed by atoms with van der Waals surface area (Å²) in [5.41, 5.74) is 5.04. The topological polar surface area (TPSA) is 66.2 Å². The fourth-order valence-electron chi connectivity index (χ4n) is 5.60. The second kappa shape index (κ2) is 11.8. The zero-order valence-corrected chi connectivity index (χ0v) is 24.0. The number of rotatable bonds is 8. The summed E-state index contributed by atoms with van der Waals surface area (Å²) in [6, 6.07) is 20.5. The largest absolute Gasteiger partial charge is 0.488 e. The van der Waals surface area contributed by atoms with Gasteiger partial charge in [-0.25, -0.2) is 19.2 Å². The lowest BCUT2D eigenvalue weighted by atomic mass is 9.95. The molecule has 0 spiro atoms. The molecule has 1 aliphatic carbocycles. The normalized spacial score (nSPS) is 13.9. The molecule has 210 valence electrons. The highest BCUT2D eigenvalue weighted by molar-refractivity contribution is 7.12. The number of carbonyl (C=O) groups excluding carboxylic acids is 1. The summed E-state index contributed by atoms with van der Waals surface area (Å²) in [6.45, 7) is 4.48. The van der Waals surface area contributed by atoms with E-state index >= 15 is 0 Å². The number of esters is 1. The Balaban J connectivity index is 1.27. The summed E-state index contributed by atoms with van der Waals surface area (Å²) in [5, 5.41) is 0.936. The Morgan fingerprint density at radius 3 is 2.44 bits per heavy atom. The Hall–Kier alpha value is -4.04. The van der Waals surface area contributed by atoms with E-state index in [2.05, 4.69) is 9.55 Å². The predicted octanol–water partition coefficient (Wildman–Crippen LogP) is 8.54. The van der Waals surface area contributed by atoms with Crippen molar-refractivity contribution in [1.82, 2.24) is 14.5 Å². The van der Waals surface area contributed by atoms with E-state index < -0.39 is 0 Å². The van der Waals surface area contributed by atoms with E-state index in [9.17, 15) is 9.18 Å². The zero-order valence-electron chi connectivity index (χ0n) is 23.2. The molecule has 2 aromatic heterocycles. The quantitative estimate of drug-likeness (QED) is 0.175. The molecule has 8 heteroatoms. The third-order valence-electron chi connectivity index (χ3n) is 7.54. The molecular weight excluding hydrogens is 537 g/mol. The number of hydrogen-bond acceptors (Lipinski definition) is 6. The highest BCUT2D eigenvalue weighted by Gasteiger charge is 2.23. The number of aryl methyl sites for hydroxylation is 1. The van der Waals surface area contributed by atoms with Crippen molar-refractivity contribution >= 4 is 28.3 Å². The van der Waals surface area contributed by atoms with E-state index in [-0.39, 0.29) is 11.8 Å². The minimum atomic E-state index is -0.330. The first-order valence-electron chi connectivity index (χ1n) is 14.1. The number of nitrogens with zero attached hydrogens (tertiary/aromatic N) is 3. The first-order valence-corrected chi connectivity index (χ1v) is 15.0. The molecule has 1 aliphatic rings. The fourth-order valence-corrected chi connectivity index (χ4v) is 6.47. The smallest absolute Gasteiger partial charge is 0.338 e. The van der Waals surface area contributed by atoms with Gasteiger partial charge in [-0.2, -0.15) is 0 Å². The van der Waals surface area contributed by atoms with Gasteiger partial charge < -0.3 is 14.0 Å². The molecule has 41 heavy (non-hydrogen) atoms. The number of ether oxygens (including phenoxy) is 2. The van der Waals surface area contributed by atoms with Crippen molar-refractivity contribution < 1.29 is 18.7 Å². The lowest BCUT2D eigenvalue weighted by molar-refractivity contribution is 0.0526. The van der Waals surface area contributed by atoms with Crippen molar-refractivity contribution in [3.8, 4) is 28.4 Å². The van der Waals surface area contributed by atoms with Crippen LogP contribution in [0.5, 0.6) is 5.75 Å². The molecule has 1 saturated carbocycles. The molecule has 2 heterocycles. The SMILES string of the molecule is CCOC(=O)c1ccc2c(c1)nc(-c1ccc(OCc3sc(C)nc3-c3ccc(F)cc3)cc1)n2C1CCCCC1. The maximum atomic E-state index is 13.4. The summed E-state index contributed by atoms with van der Waals surface area (Å²) >= 11 is 1.58. The molecule has 0 unspecified atom stereocenters. The summed E-state index contributed by atoms with van der Waals surface area (Å²) < 4.78 is 27.2. The van der Waals surface area contributed by atoms with Gasteiger partial charge in [0.15, 0.2) is 0 Å². The van der Waals surface area contributed by atoms with Crippen LogP contribution in [0.3, 0.4) is 0 Å². The van der Waals surface area contributed by atoms with E-state index in [1.54, 1.807) is 23.5 Å². The van der Waals surface area contributed by atoms with Crippen LogP contribution < -0.4 is 4.74 Å². The summed E-state index contributed by atoms with van der Waals surface area (Å²) in [6.07, 6.45) is 5.90. The number of thiazole rings is 1. The number of imidazole rings is 1. The average molecular weight is 570 g/mol. The Kier molecular flexibility index (Phi) is 7.83. The zero-order chi connectivity index (χ0) is 28.3. The van der Waals surface area contributed by atoms with Gasteiger partial charge in [0.05, 0.1) is 38.8 Å². The maximum Gasteiger partial charge on any atom is 0.338 e. The second-order valence-corrected chi connectivity index (χ2v) is 11.6. The molecule has 6 rings (SSSR count). The molecule has 0 aliphatic heterocycles. The van der Waals surface area contributed by atoms with Crippen LogP contribution in [0.4, 0.5) is 4.39 Å². The summed E-state index contributed by atoms with van der Waals surface area (Å²) in [5.74, 6) is 1.05. The van der Waals surface area contributed by atoms with Crippen molar-refractivity contribution in [3.63, 3.8) is 0 Å². The van der Waals surface area contributed by atoms with E-state index in [0.29, 0.717) is 24.8 Å². The number of carbonyl (C=O) groups is 1. The molecule has 6 nitrogen and oxygen atoms in total. The summed E-state index contributed by atoms with van der Waals surface area (Å²) in [4.78, 5) is 23.1. The van der Waals surface area contributed by atoms with Crippen LogP contribution in [0.2, 0.25) is 0 Å². The number of fused-ring (bicyclic) bond motifs is 1. The van der Waals surface area contributed by atoms with Crippen molar-refractivity contribution in [3.05, 3.63) is 88.0 Å². The second-order valence-electron chi connectivity index (χ2n) is 10.3. The Bertz CT molecular complexity index is 1670. The number of benzene rings is 3. The van der Waals surface area contributed by atoms with Crippen molar-refractivity contribution in [2.75, 3.05) is 6.61 Å². The van der Waals surface area contributed by atoms with E-state index in [1.165, 1.54) is 31.4 Å². The molecular formula is C33H32FN3O3S. The lowest BCUT2D eigenvalue weighted by Gasteiger charge is -2.25. The first kappa shape index (κ1) is 27.1. The van der Waals surface area contributed by atoms with E-state index in [0.717, 1.165) is 62.2 Å². The minimum Gasteiger partial charge on any atom is -0.488 e. The van der Waals surface area contributed by atoms with Gasteiger partial charge in [-0.05, 0) is 93.4 Å². The highest BCUT2D eigenvalue weighted by atomic mass is 32.1. The molecule has 5 aromatic rings. The molecule has 0 saturated heterocycles. The van der Waals surface area contributed by atoms with Crippen LogP contribution in [0.1, 0.15) is 65.3 Å². The number of halogens is 1. The number of aromatic nitrogens is 3. The van der Waals surface area contributed by atoms with Gasteiger partial charge >= 0.3 is 5.97 Å². The highest BCUT2D eigenvalue weighted by Crippen LogP contribution is 2.37. The predicted molar refractivity (Wildman–Crippen MR) is 160 cm³/mol. The molecule has 1 fully saturated rings. The fraction of sp³-hybridized carbons (Fsp3) is 0.303. The van der Waals surface area contributed by atoms with Gasteiger partial charge in [-0.15, -0.1) is 11.3 Å². The molecule has 3 aromatic carbocycles. The van der Waals surface area contributed by atoms with Gasteiger partial charge in [0.1, 0.15) is 24.0 Å². The van der Waals surface area contributed by atoms with Crippen LogP contribution in [-0.2, 0) is 11.3 Å². The average Bonchev–Trinajstić information content (AvgIpc) is 3.57. The van der Waals surface area contributed by atoms with Crippen LogP contribution in [-0.4, -0.2) is 27.1 Å². The minimum absolute atomic E-state index is 0.268. The number of hydrogen-bond donors (Lipinski definition) is 0. The van der Waals surface area contributed by atoms with Crippen molar-refractivity contribution in [2.24, 2.45) is 0 Å². The third kappa shape index (κ3) is 5.75. The van der Waals surface area contributed by atoms with E-state index in [4.69, 9.17) is 14.5 Å². The van der Waals surface area contributed by atoms with Gasteiger partial charge in [0, 0.05) is 17.2 Å². The standard InChI is InChI=1S/C33H32FN3O3S/c1-3-39-33(38)24-13-18-29-28(19-24)36-32(37(29)26-7-5-4-6-8-26)23-11-16-27(17-12-23)40-20-30-31(35-21(2)41-30)22-9-14-25(34)15-10-22/h9-19,26H,3-8,20H2,1-2H3. The molecule has 0 N–H and O–H groups in total. The third-order valence-corrected chi connectivity index (χ3v) is 8.49. The van der Waals surface area contributed by atoms with Crippen LogP contribution in [0.15, 0.2) is 66.7 Å². The molecule has 0 amide bonds. The molecule has 0 bridgehead atoms. The Labute approximate surface area is 242 Å². The van der Waals surface area contributed by atoms with Crippen LogP contribution >= 0.6 is 11.3 Å². The summed E-state index contributed by atoms with van der Waals surface area (Å²) in [7, 11) is 0. The Morgan fingerprint density at radius 1 is 0.976 bits per heavy atom. The lowest BCUT2D eigenvalue weighted by Crippen LogP contribution is -2.14. The van der Waals surface area contributed by atoms with Gasteiger partial charge in [0.25, 0.3) is 0 Å². The molecule has 0 atom stereocenters. The van der Waals surface area contributed by atoms with E-state index in [1.807, 2.05) is 56.3 Å². The van der Waals surface area contributed by atoms with Crippen molar-refractivity contribution in [1.29, 1.82) is 0 Å². The monoisotopic (exact) mass is 569 g/mol. The first-order chi connectivity index (χ1) is 20.0. The Morgan fingerprint density at radius 2 is 1.71 bits per heavy atom. The van der Waals surface area contributed by atoms with Crippen LogP contribution in [0.25, 0.3) is 33.7 Å².